The first-order valence-corrected chi connectivity index (χ1v) is 6.96. The molecule has 0 aliphatic carbocycles. The topological polar surface area (TPSA) is 79.5 Å². The molecule has 112 valence electrons. The van der Waals surface area contributed by atoms with Gasteiger partial charge in [0.2, 0.25) is 0 Å². The Kier molecular flexibility index (Phi) is 4.70. The molecule has 21 heavy (non-hydrogen) atoms. The highest BCUT2D eigenvalue weighted by Gasteiger charge is 2.24. The van der Waals surface area contributed by atoms with Crippen molar-refractivity contribution in [2.45, 2.75) is 26.3 Å². The fraction of sp³-hybridized carbons (Fsp3) is 0.400. The molecule has 2 aromatic rings. The summed E-state index contributed by atoms with van der Waals surface area (Å²) in [7, 11) is 0. The molecule has 1 aromatic heterocycles. The molecule has 0 fully saturated rings. The number of nitrogens with zero attached hydrogens (tertiary/aromatic N) is 3. The van der Waals surface area contributed by atoms with Crippen molar-refractivity contribution in [3.8, 4) is 0 Å². The number of benzene rings is 1. The molecule has 1 heterocycles. The van der Waals surface area contributed by atoms with Crippen LogP contribution >= 0.6 is 0 Å². The zero-order valence-electron chi connectivity index (χ0n) is 12.2. The predicted octanol–water partition coefficient (Wildman–Crippen LogP) is 2.74. The van der Waals surface area contributed by atoms with E-state index in [1.807, 2.05) is 43.0 Å². The number of rotatable bonds is 6. The lowest BCUT2D eigenvalue weighted by Crippen LogP contribution is -2.33. The summed E-state index contributed by atoms with van der Waals surface area (Å²) in [5, 5.41) is 21.2. The predicted molar refractivity (Wildman–Crippen MR) is 82.6 cm³/mol. The average Bonchev–Trinajstić information content (AvgIpc) is 2.47. The molecule has 0 spiro atoms. The summed E-state index contributed by atoms with van der Waals surface area (Å²) in [5.41, 5.74) is 1.31. The van der Waals surface area contributed by atoms with Crippen LogP contribution < -0.4 is 4.90 Å². The largest absolute Gasteiger partial charge is 0.396 e. The third-order valence-electron chi connectivity index (χ3n) is 3.39. The van der Waals surface area contributed by atoms with Crippen molar-refractivity contribution >= 4 is 22.3 Å². The minimum absolute atomic E-state index is 0.000315. The number of aliphatic hydroxyl groups excluding tert-OH is 1. The van der Waals surface area contributed by atoms with Gasteiger partial charge in [-0.2, -0.15) is 0 Å². The Balaban J connectivity index is 2.66. The van der Waals surface area contributed by atoms with E-state index in [0.29, 0.717) is 18.7 Å². The molecule has 0 saturated carbocycles. The number of anilines is 1. The van der Waals surface area contributed by atoms with Crippen LogP contribution in [-0.2, 0) is 0 Å². The fourth-order valence-electron chi connectivity index (χ4n) is 2.42. The van der Waals surface area contributed by atoms with Crippen LogP contribution in [0.1, 0.15) is 20.3 Å². The van der Waals surface area contributed by atoms with Crippen molar-refractivity contribution in [1.29, 1.82) is 0 Å². The zero-order valence-corrected chi connectivity index (χ0v) is 12.2. The third kappa shape index (κ3) is 3.11. The van der Waals surface area contributed by atoms with E-state index in [2.05, 4.69) is 4.98 Å². The van der Waals surface area contributed by atoms with E-state index < -0.39 is 4.92 Å². The van der Waals surface area contributed by atoms with Crippen LogP contribution in [0.25, 0.3) is 10.9 Å². The van der Waals surface area contributed by atoms with E-state index in [1.165, 1.54) is 6.20 Å². The Labute approximate surface area is 123 Å². The van der Waals surface area contributed by atoms with Gasteiger partial charge >= 0.3 is 5.69 Å². The average molecular weight is 289 g/mol. The number of hydrogen-bond donors (Lipinski definition) is 1. The minimum Gasteiger partial charge on any atom is -0.396 e. The van der Waals surface area contributed by atoms with Gasteiger partial charge in [-0.25, -0.2) is 4.98 Å². The van der Waals surface area contributed by atoms with Gasteiger partial charge in [0.1, 0.15) is 11.9 Å². The summed E-state index contributed by atoms with van der Waals surface area (Å²) < 4.78 is 0. The zero-order chi connectivity index (χ0) is 15.4. The number of aromatic nitrogens is 1. The van der Waals surface area contributed by atoms with Gasteiger partial charge in [0.15, 0.2) is 0 Å². The molecule has 0 unspecified atom stereocenters. The van der Waals surface area contributed by atoms with Crippen LogP contribution in [0, 0.1) is 10.1 Å². The number of hydrogen-bond acceptors (Lipinski definition) is 5. The molecule has 2 rings (SSSR count). The van der Waals surface area contributed by atoms with Gasteiger partial charge in [-0.3, -0.25) is 10.1 Å². The maximum absolute atomic E-state index is 11.4. The minimum atomic E-state index is -0.400. The van der Waals surface area contributed by atoms with Crippen molar-refractivity contribution in [2.75, 3.05) is 18.1 Å². The Morgan fingerprint density at radius 1 is 1.38 bits per heavy atom. The van der Waals surface area contributed by atoms with E-state index in [0.717, 1.165) is 10.9 Å². The summed E-state index contributed by atoms with van der Waals surface area (Å²) in [6.45, 7) is 4.58. The van der Waals surface area contributed by atoms with Crippen LogP contribution in [0.3, 0.4) is 0 Å². The number of nitro groups is 1. The van der Waals surface area contributed by atoms with E-state index in [9.17, 15) is 10.1 Å². The lowest BCUT2D eigenvalue weighted by atomic mass is 10.1. The molecular formula is C15H19N3O3. The van der Waals surface area contributed by atoms with Gasteiger partial charge in [-0.1, -0.05) is 18.2 Å². The maximum Gasteiger partial charge on any atom is 0.311 e. The van der Waals surface area contributed by atoms with Crippen molar-refractivity contribution in [3.05, 3.63) is 40.6 Å². The van der Waals surface area contributed by atoms with Crippen LogP contribution in [0.4, 0.5) is 11.4 Å². The van der Waals surface area contributed by atoms with Crippen molar-refractivity contribution in [2.24, 2.45) is 0 Å². The molecule has 6 heteroatoms. The van der Waals surface area contributed by atoms with Gasteiger partial charge in [0.25, 0.3) is 0 Å². The third-order valence-corrected chi connectivity index (χ3v) is 3.39. The summed E-state index contributed by atoms with van der Waals surface area (Å²) in [4.78, 5) is 17.1. The second-order valence-electron chi connectivity index (χ2n) is 5.13. The number of pyridine rings is 1. The van der Waals surface area contributed by atoms with Gasteiger partial charge < -0.3 is 10.0 Å². The molecule has 6 nitrogen and oxygen atoms in total. The van der Waals surface area contributed by atoms with E-state index >= 15 is 0 Å². The van der Waals surface area contributed by atoms with Gasteiger partial charge in [-0.15, -0.1) is 0 Å². The smallest absolute Gasteiger partial charge is 0.311 e. The van der Waals surface area contributed by atoms with Crippen LogP contribution in [-0.4, -0.2) is 34.2 Å². The van der Waals surface area contributed by atoms with Crippen molar-refractivity contribution < 1.29 is 10.0 Å². The van der Waals surface area contributed by atoms with Crippen molar-refractivity contribution in [3.63, 3.8) is 0 Å². The lowest BCUT2D eigenvalue weighted by molar-refractivity contribution is -0.384. The highest BCUT2D eigenvalue weighted by atomic mass is 16.6. The quantitative estimate of drug-likeness (QED) is 0.653. The maximum atomic E-state index is 11.4. The second kappa shape index (κ2) is 6.49. The lowest BCUT2D eigenvalue weighted by Gasteiger charge is -2.29. The summed E-state index contributed by atoms with van der Waals surface area (Å²) >= 11 is 0. The Morgan fingerprint density at radius 2 is 2.10 bits per heavy atom. The highest BCUT2D eigenvalue weighted by Crippen LogP contribution is 2.35. The molecule has 0 aliphatic rings. The molecule has 0 saturated heterocycles. The Hall–Kier alpha value is -2.21. The molecule has 1 N–H and O–H groups in total. The molecule has 0 bridgehead atoms. The van der Waals surface area contributed by atoms with Crippen molar-refractivity contribution in [1.82, 2.24) is 4.98 Å². The highest BCUT2D eigenvalue weighted by molar-refractivity contribution is 5.96. The summed E-state index contributed by atoms with van der Waals surface area (Å²) in [6.07, 6.45) is 1.87. The Morgan fingerprint density at radius 3 is 2.71 bits per heavy atom. The van der Waals surface area contributed by atoms with Gasteiger partial charge in [0, 0.05) is 24.6 Å². The SMILES string of the molecule is CC(C)N(CCCO)c1c([N+](=O)[O-])cnc2ccccc12. The monoisotopic (exact) mass is 289 g/mol. The summed E-state index contributed by atoms with van der Waals surface area (Å²) in [5.74, 6) is 0. The van der Waals surface area contributed by atoms with Crippen LogP contribution in [0.2, 0.25) is 0 Å². The Bertz CT molecular complexity index is 643. The molecular weight excluding hydrogens is 270 g/mol. The first-order chi connectivity index (χ1) is 10.1. The van der Waals surface area contributed by atoms with Gasteiger partial charge in [-0.05, 0) is 26.3 Å². The molecule has 0 radical (unpaired) electrons. The number of para-hydroxylation sites is 1. The van der Waals surface area contributed by atoms with Crippen LogP contribution in [0.15, 0.2) is 30.5 Å². The molecule has 0 amide bonds. The van der Waals surface area contributed by atoms with Gasteiger partial charge in [0.05, 0.1) is 10.4 Å². The van der Waals surface area contributed by atoms with Crippen LogP contribution in [0.5, 0.6) is 0 Å². The van der Waals surface area contributed by atoms with E-state index in [-0.39, 0.29) is 18.3 Å². The molecule has 0 atom stereocenters. The summed E-state index contributed by atoms with van der Waals surface area (Å²) in [6, 6.07) is 7.48. The number of fused-ring (bicyclic) bond motifs is 1. The first-order valence-electron chi connectivity index (χ1n) is 6.96. The second-order valence-corrected chi connectivity index (χ2v) is 5.13. The normalized spacial score (nSPS) is 11.0. The van der Waals surface area contributed by atoms with E-state index in [1.54, 1.807) is 0 Å². The molecule has 1 aromatic carbocycles. The standard InChI is InChI=1S/C15H19N3O3/c1-11(2)17(8-5-9-19)15-12-6-3-4-7-13(12)16-10-14(15)18(20)21/h3-4,6-7,10-11,19H,5,8-9H2,1-2H3. The fourth-order valence-corrected chi connectivity index (χ4v) is 2.42. The van der Waals surface area contributed by atoms with E-state index in [4.69, 9.17) is 5.11 Å². The number of aliphatic hydroxyl groups is 1. The first kappa shape index (κ1) is 15.2. The molecule has 0 aliphatic heterocycles.